The van der Waals surface area contributed by atoms with Crippen molar-refractivity contribution in [3.63, 3.8) is 0 Å². The molecule has 27 heavy (non-hydrogen) atoms. The summed E-state index contributed by atoms with van der Waals surface area (Å²) < 4.78 is 15.2. The van der Waals surface area contributed by atoms with Gasteiger partial charge >= 0.3 is 5.97 Å². The highest BCUT2D eigenvalue weighted by molar-refractivity contribution is 5.90. The highest BCUT2D eigenvalue weighted by Crippen LogP contribution is 2.10. The van der Waals surface area contributed by atoms with Gasteiger partial charge in [0.05, 0.1) is 25.9 Å². The molecule has 0 heterocycles. The number of hydrogen-bond donors (Lipinski definition) is 2. The van der Waals surface area contributed by atoms with E-state index in [2.05, 4.69) is 10.6 Å². The molecular weight excluding hydrogens is 352 g/mol. The Morgan fingerprint density at radius 1 is 1.22 bits per heavy atom. The van der Waals surface area contributed by atoms with Gasteiger partial charge in [-0.2, -0.15) is 0 Å². The van der Waals surface area contributed by atoms with E-state index >= 15 is 0 Å². The third-order valence-electron chi connectivity index (χ3n) is 3.51. The van der Waals surface area contributed by atoms with Crippen LogP contribution in [0.25, 0.3) is 0 Å². The van der Waals surface area contributed by atoms with Crippen LogP contribution in [0.1, 0.15) is 26.2 Å². The molecule has 1 aliphatic rings. The number of esters is 1. The zero-order valence-corrected chi connectivity index (χ0v) is 15.9. The Hall–Kier alpha value is -2.45. The van der Waals surface area contributed by atoms with Gasteiger partial charge in [-0.15, -0.1) is 0 Å². The first-order valence-electron chi connectivity index (χ1n) is 8.86. The fraction of sp³-hybridized carbons (Fsp3) is 0.526. The second-order valence-electron chi connectivity index (χ2n) is 5.88. The Morgan fingerprint density at radius 2 is 2.04 bits per heavy atom. The molecule has 2 N–H and O–H groups in total. The molecule has 8 nitrogen and oxygen atoms in total. The predicted molar refractivity (Wildman–Crippen MR) is 99.6 cm³/mol. The zero-order valence-electron chi connectivity index (χ0n) is 15.9. The highest BCUT2D eigenvalue weighted by Gasteiger charge is 2.23. The lowest BCUT2D eigenvalue weighted by molar-refractivity contribution is -0.141. The molecule has 0 aromatic rings. The molecule has 1 rings (SSSR count). The third kappa shape index (κ3) is 11.0. The standard InChI is InChI=1S/C19H28N2O6/c1-15(22)21-17(19(24)20-9-6-10-26-12-11-25-2)13-18(23)27-14-16-7-4-3-5-8-16/h3-5,7,14,17H,6,8-13H2,1-2H3,(H,20,24)(H,21,22)/b16-14-. The summed E-state index contributed by atoms with van der Waals surface area (Å²) in [7, 11) is 1.59. The number of hydrogen-bond acceptors (Lipinski definition) is 6. The number of amides is 2. The number of ether oxygens (including phenoxy) is 3. The van der Waals surface area contributed by atoms with Crippen LogP contribution in [0.3, 0.4) is 0 Å². The molecule has 1 atom stereocenters. The molecular formula is C19H28N2O6. The second-order valence-corrected chi connectivity index (χ2v) is 5.88. The minimum Gasteiger partial charge on any atom is -0.434 e. The number of methoxy groups -OCH3 is 1. The van der Waals surface area contributed by atoms with Crippen molar-refractivity contribution in [3.8, 4) is 0 Å². The Bertz CT molecular complexity index is 583. The number of carbonyl (C=O) groups excluding carboxylic acids is 3. The van der Waals surface area contributed by atoms with Crippen LogP contribution in [-0.4, -0.2) is 57.3 Å². The minimum atomic E-state index is -0.982. The average Bonchev–Trinajstić information content (AvgIpc) is 2.65. The molecule has 0 saturated heterocycles. The van der Waals surface area contributed by atoms with Crippen LogP contribution in [0, 0.1) is 0 Å². The van der Waals surface area contributed by atoms with E-state index in [4.69, 9.17) is 14.2 Å². The molecule has 0 radical (unpaired) electrons. The monoisotopic (exact) mass is 380 g/mol. The van der Waals surface area contributed by atoms with Crippen LogP contribution in [0.15, 0.2) is 36.1 Å². The van der Waals surface area contributed by atoms with Gasteiger partial charge in [-0.05, 0) is 18.4 Å². The van der Waals surface area contributed by atoms with Crippen LogP contribution < -0.4 is 10.6 Å². The Balaban J connectivity index is 2.38. The molecule has 8 heteroatoms. The fourth-order valence-electron chi connectivity index (χ4n) is 2.18. The molecule has 150 valence electrons. The molecule has 1 aliphatic carbocycles. The summed E-state index contributed by atoms with van der Waals surface area (Å²) in [5.74, 6) is -1.43. The maximum Gasteiger partial charge on any atom is 0.313 e. The van der Waals surface area contributed by atoms with E-state index in [9.17, 15) is 14.4 Å². The number of nitrogens with one attached hydrogen (secondary N) is 2. The lowest BCUT2D eigenvalue weighted by atomic mass is 10.1. The lowest BCUT2D eigenvalue weighted by Gasteiger charge is -2.16. The zero-order chi connectivity index (χ0) is 19.9. The summed E-state index contributed by atoms with van der Waals surface area (Å²) in [5.41, 5.74) is 0.847. The summed E-state index contributed by atoms with van der Waals surface area (Å²) in [6, 6.07) is -0.982. The minimum absolute atomic E-state index is 0.251. The number of allylic oxidation sites excluding steroid dienone is 5. The van der Waals surface area contributed by atoms with Crippen molar-refractivity contribution in [2.45, 2.75) is 32.2 Å². The molecule has 0 fully saturated rings. The first kappa shape index (κ1) is 22.6. The van der Waals surface area contributed by atoms with E-state index in [0.717, 1.165) is 5.57 Å². The summed E-state index contributed by atoms with van der Waals surface area (Å²) in [5, 5.41) is 5.15. The van der Waals surface area contributed by atoms with Crippen molar-refractivity contribution in [1.82, 2.24) is 10.6 Å². The van der Waals surface area contributed by atoms with Gasteiger partial charge < -0.3 is 24.8 Å². The van der Waals surface area contributed by atoms with Crippen LogP contribution in [-0.2, 0) is 28.6 Å². The largest absolute Gasteiger partial charge is 0.434 e. The van der Waals surface area contributed by atoms with E-state index in [1.807, 2.05) is 24.3 Å². The quantitative estimate of drug-likeness (QED) is 0.297. The van der Waals surface area contributed by atoms with Crippen molar-refractivity contribution in [1.29, 1.82) is 0 Å². The lowest BCUT2D eigenvalue weighted by Crippen LogP contribution is -2.47. The topological polar surface area (TPSA) is 103 Å². The Kier molecular flexibility index (Phi) is 11.5. The molecule has 0 aromatic carbocycles. The van der Waals surface area contributed by atoms with Gasteiger partial charge in [-0.25, -0.2) is 0 Å². The molecule has 2 amide bonds. The molecule has 0 spiro atoms. The van der Waals surface area contributed by atoms with E-state index in [-0.39, 0.29) is 6.42 Å². The predicted octanol–water partition coefficient (Wildman–Crippen LogP) is 0.994. The van der Waals surface area contributed by atoms with Gasteiger partial charge in [0.1, 0.15) is 6.04 Å². The number of carbonyl (C=O) groups is 3. The average molecular weight is 380 g/mol. The molecule has 1 unspecified atom stereocenters. The van der Waals surface area contributed by atoms with Crippen molar-refractivity contribution in [3.05, 3.63) is 36.1 Å². The smallest absolute Gasteiger partial charge is 0.313 e. The van der Waals surface area contributed by atoms with E-state index in [1.165, 1.54) is 13.2 Å². The number of rotatable bonds is 12. The van der Waals surface area contributed by atoms with Gasteiger partial charge in [0.15, 0.2) is 0 Å². The molecule has 0 saturated carbocycles. The van der Waals surface area contributed by atoms with Gasteiger partial charge in [0.2, 0.25) is 11.8 Å². The first-order valence-corrected chi connectivity index (χ1v) is 8.86. The normalized spacial score (nSPS) is 15.4. The van der Waals surface area contributed by atoms with Crippen LogP contribution in [0.5, 0.6) is 0 Å². The van der Waals surface area contributed by atoms with Crippen molar-refractivity contribution < 1.29 is 28.6 Å². The Morgan fingerprint density at radius 3 is 2.70 bits per heavy atom. The Labute approximate surface area is 159 Å². The van der Waals surface area contributed by atoms with Crippen LogP contribution >= 0.6 is 0 Å². The van der Waals surface area contributed by atoms with E-state index in [0.29, 0.717) is 39.2 Å². The van der Waals surface area contributed by atoms with E-state index < -0.39 is 23.8 Å². The van der Waals surface area contributed by atoms with Gasteiger partial charge in [0, 0.05) is 27.2 Å². The summed E-state index contributed by atoms with van der Waals surface area (Å²) in [6.07, 6.45) is 9.91. The molecule has 0 aliphatic heterocycles. The highest BCUT2D eigenvalue weighted by atomic mass is 16.5. The fourth-order valence-corrected chi connectivity index (χ4v) is 2.18. The van der Waals surface area contributed by atoms with Gasteiger partial charge in [-0.3, -0.25) is 14.4 Å². The van der Waals surface area contributed by atoms with Crippen LogP contribution in [0.4, 0.5) is 0 Å². The summed E-state index contributed by atoms with van der Waals surface area (Å²) >= 11 is 0. The second kappa shape index (κ2) is 13.7. The summed E-state index contributed by atoms with van der Waals surface area (Å²) in [6.45, 7) is 3.15. The SMILES string of the molecule is COCCOCCCNC(=O)C(CC(=O)O/C=C1/C=CC=CC1)NC(C)=O. The molecule has 0 bridgehead atoms. The van der Waals surface area contributed by atoms with Crippen LogP contribution in [0.2, 0.25) is 0 Å². The first-order chi connectivity index (χ1) is 13.0. The maximum atomic E-state index is 12.2. The maximum absolute atomic E-state index is 12.2. The van der Waals surface area contributed by atoms with Crippen molar-refractivity contribution >= 4 is 17.8 Å². The summed E-state index contributed by atoms with van der Waals surface area (Å²) in [4.78, 5) is 35.5. The molecule has 0 aromatic heterocycles. The van der Waals surface area contributed by atoms with E-state index in [1.54, 1.807) is 7.11 Å². The van der Waals surface area contributed by atoms with Gasteiger partial charge in [0.25, 0.3) is 0 Å². The van der Waals surface area contributed by atoms with Crippen molar-refractivity contribution in [2.24, 2.45) is 0 Å². The van der Waals surface area contributed by atoms with Crippen molar-refractivity contribution in [2.75, 3.05) is 33.5 Å². The third-order valence-corrected chi connectivity index (χ3v) is 3.51. The van der Waals surface area contributed by atoms with Gasteiger partial charge in [-0.1, -0.05) is 24.3 Å².